The molecule has 3 rings (SSSR count). The summed E-state index contributed by atoms with van der Waals surface area (Å²) in [6.07, 6.45) is 8.81. The normalized spacial score (nSPS) is 16.9. The predicted molar refractivity (Wildman–Crippen MR) is 127 cm³/mol. The summed E-state index contributed by atoms with van der Waals surface area (Å²) in [5.74, 6) is 2.21. The van der Waals surface area contributed by atoms with Crippen LogP contribution in [0.15, 0.2) is 23.2 Å². The third kappa shape index (κ3) is 8.22. The highest BCUT2D eigenvalue weighted by molar-refractivity contribution is 5.94. The molecule has 178 valence electrons. The highest BCUT2D eigenvalue weighted by Gasteiger charge is 2.14. The van der Waals surface area contributed by atoms with Gasteiger partial charge in [0.2, 0.25) is 5.91 Å². The van der Waals surface area contributed by atoms with Gasteiger partial charge in [-0.05, 0) is 31.4 Å². The number of nitrogens with zero attached hydrogens (tertiary/aromatic N) is 2. The smallest absolute Gasteiger partial charge is 0.223 e. The Bertz CT molecular complexity index is 748. The number of benzene rings is 1. The average Bonchev–Trinajstić information content (AvgIpc) is 3.04. The molecule has 8 heteroatoms. The first-order valence-corrected chi connectivity index (χ1v) is 11.9. The largest absolute Gasteiger partial charge is 0.490 e. The summed E-state index contributed by atoms with van der Waals surface area (Å²) in [4.78, 5) is 18.2. The number of aliphatic imine (C=N–C) groups is 1. The van der Waals surface area contributed by atoms with Crippen LogP contribution in [-0.4, -0.2) is 69.9 Å². The van der Waals surface area contributed by atoms with Crippen LogP contribution >= 0.6 is 0 Å². The molecule has 0 saturated heterocycles. The van der Waals surface area contributed by atoms with E-state index in [-0.39, 0.29) is 5.91 Å². The summed E-state index contributed by atoms with van der Waals surface area (Å²) in [5, 5.41) is 6.60. The van der Waals surface area contributed by atoms with E-state index in [0.29, 0.717) is 44.8 Å². The maximum Gasteiger partial charge on any atom is 0.223 e. The molecule has 0 radical (unpaired) electrons. The van der Waals surface area contributed by atoms with Crippen molar-refractivity contribution in [1.29, 1.82) is 0 Å². The molecule has 0 aromatic heterocycles. The van der Waals surface area contributed by atoms with E-state index in [1.807, 2.05) is 18.2 Å². The van der Waals surface area contributed by atoms with Crippen molar-refractivity contribution in [3.05, 3.63) is 18.2 Å². The Kier molecular flexibility index (Phi) is 9.94. The summed E-state index contributed by atoms with van der Waals surface area (Å²) in [5.41, 5.74) is 0.859. The molecule has 1 fully saturated rings. The van der Waals surface area contributed by atoms with Gasteiger partial charge in [-0.25, -0.2) is 0 Å². The summed E-state index contributed by atoms with van der Waals surface area (Å²) in [6.45, 7) is 3.19. The molecule has 8 nitrogen and oxygen atoms in total. The number of hydrogen-bond donors (Lipinski definition) is 2. The van der Waals surface area contributed by atoms with E-state index in [1.54, 1.807) is 19.0 Å². The van der Waals surface area contributed by atoms with Crippen molar-refractivity contribution in [1.82, 2.24) is 10.2 Å². The van der Waals surface area contributed by atoms with Crippen molar-refractivity contribution >= 4 is 17.6 Å². The highest BCUT2D eigenvalue weighted by atomic mass is 16.5. The molecule has 0 atom stereocenters. The zero-order chi connectivity index (χ0) is 22.6. The molecular formula is C24H38N4O4. The van der Waals surface area contributed by atoms with Crippen LogP contribution in [0.5, 0.6) is 11.5 Å². The second kappa shape index (κ2) is 13.2. The first-order chi connectivity index (χ1) is 15.6. The van der Waals surface area contributed by atoms with Crippen LogP contribution in [0.1, 0.15) is 51.4 Å². The molecule has 1 saturated carbocycles. The minimum Gasteiger partial charge on any atom is -0.490 e. The molecule has 0 spiro atoms. The monoisotopic (exact) mass is 446 g/mol. The van der Waals surface area contributed by atoms with Crippen LogP contribution in [-0.2, 0) is 9.53 Å². The van der Waals surface area contributed by atoms with E-state index in [1.165, 1.54) is 32.1 Å². The zero-order valence-electron chi connectivity index (χ0n) is 19.5. The Labute approximate surface area is 191 Å². The number of anilines is 1. The van der Waals surface area contributed by atoms with Gasteiger partial charge in [-0.1, -0.05) is 19.3 Å². The van der Waals surface area contributed by atoms with Crippen molar-refractivity contribution in [2.45, 2.75) is 57.5 Å². The second-order valence-electron chi connectivity index (χ2n) is 8.52. The van der Waals surface area contributed by atoms with Crippen LogP contribution < -0.4 is 20.1 Å². The van der Waals surface area contributed by atoms with E-state index in [9.17, 15) is 4.79 Å². The zero-order valence-corrected chi connectivity index (χ0v) is 19.5. The molecule has 1 heterocycles. The number of amides is 1. The number of hydrogen-bond acceptors (Lipinski definition) is 5. The summed E-state index contributed by atoms with van der Waals surface area (Å²) in [6, 6.07) is 5.78. The van der Waals surface area contributed by atoms with Gasteiger partial charge in [0.15, 0.2) is 17.5 Å². The van der Waals surface area contributed by atoms with Crippen LogP contribution in [0.2, 0.25) is 0 Å². The van der Waals surface area contributed by atoms with Gasteiger partial charge < -0.3 is 29.7 Å². The third-order valence-electron chi connectivity index (χ3n) is 5.62. The second-order valence-corrected chi connectivity index (χ2v) is 8.52. The van der Waals surface area contributed by atoms with Gasteiger partial charge in [0.1, 0.15) is 0 Å². The van der Waals surface area contributed by atoms with Gasteiger partial charge in [-0.15, -0.1) is 0 Å². The Morgan fingerprint density at radius 2 is 1.91 bits per heavy atom. The van der Waals surface area contributed by atoms with E-state index in [0.717, 1.165) is 36.6 Å². The quantitative estimate of drug-likeness (QED) is 0.344. The van der Waals surface area contributed by atoms with Gasteiger partial charge in [0.25, 0.3) is 0 Å². The Morgan fingerprint density at radius 3 is 2.69 bits per heavy atom. The number of nitrogens with one attached hydrogen (secondary N) is 2. The highest BCUT2D eigenvalue weighted by Crippen LogP contribution is 2.32. The maximum absolute atomic E-state index is 11.9. The number of carbonyl (C=O) groups is 1. The summed E-state index contributed by atoms with van der Waals surface area (Å²) >= 11 is 0. The molecule has 1 aromatic carbocycles. The number of carbonyl (C=O) groups excluding carboxylic acids is 1. The van der Waals surface area contributed by atoms with E-state index >= 15 is 0 Å². The fraction of sp³-hybridized carbons (Fsp3) is 0.667. The van der Waals surface area contributed by atoms with E-state index < -0.39 is 0 Å². The lowest BCUT2D eigenvalue weighted by Crippen LogP contribution is -2.34. The first kappa shape index (κ1) is 24.2. The number of rotatable bonds is 9. The Hall–Kier alpha value is -2.48. The van der Waals surface area contributed by atoms with Crippen molar-refractivity contribution in [3.63, 3.8) is 0 Å². The number of ether oxygens (including phenoxy) is 3. The molecule has 0 bridgehead atoms. The van der Waals surface area contributed by atoms with Crippen LogP contribution in [0.4, 0.5) is 5.69 Å². The lowest BCUT2D eigenvalue weighted by molar-refractivity contribution is -0.128. The van der Waals surface area contributed by atoms with E-state index in [2.05, 4.69) is 10.6 Å². The van der Waals surface area contributed by atoms with Crippen LogP contribution in [0.25, 0.3) is 0 Å². The lowest BCUT2D eigenvalue weighted by atomic mass is 9.98. The molecule has 1 amide bonds. The van der Waals surface area contributed by atoms with Crippen molar-refractivity contribution in [3.8, 4) is 11.5 Å². The average molecular weight is 447 g/mol. The topological polar surface area (TPSA) is 84.4 Å². The van der Waals surface area contributed by atoms with Crippen LogP contribution in [0, 0.1) is 0 Å². The minimum absolute atomic E-state index is 0.0771. The molecule has 2 N–H and O–H groups in total. The van der Waals surface area contributed by atoms with Crippen molar-refractivity contribution < 1.29 is 19.0 Å². The molecule has 1 aliphatic heterocycles. The van der Waals surface area contributed by atoms with Gasteiger partial charge in [-0.2, -0.15) is 0 Å². The van der Waals surface area contributed by atoms with Crippen LogP contribution in [0.3, 0.4) is 0 Å². The Balaban J connectivity index is 1.53. The van der Waals surface area contributed by atoms with Gasteiger partial charge >= 0.3 is 0 Å². The maximum atomic E-state index is 11.9. The van der Waals surface area contributed by atoms with Crippen molar-refractivity contribution in [2.24, 2.45) is 4.99 Å². The fourth-order valence-electron chi connectivity index (χ4n) is 3.77. The third-order valence-corrected chi connectivity index (χ3v) is 5.62. The molecule has 1 aromatic rings. The van der Waals surface area contributed by atoms with Gasteiger partial charge in [-0.3, -0.25) is 9.79 Å². The molecule has 2 aliphatic rings. The SMILES string of the molecule is CN(C)C(=O)CCNC(=NCCCOC1CCCCC1)Nc1ccc2c(c1)OCCCO2. The van der Waals surface area contributed by atoms with Gasteiger partial charge in [0.05, 0.1) is 19.3 Å². The first-order valence-electron chi connectivity index (χ1n) is 11.9. The van der Waals surface area contributed by atoms with Gasteiger partial charge in [0, 0.05) is 58.4 Å². The molecule has 0 unspecified atom stereocenters. The number of guanidine groups is 1. The standard InChI is InChI=1S/C24H38N4O4/c1-28(2)23(29)12-14-26-24(25-13-6-15-30-20-8-4-3-5-9-20)27-19-10-11-21-22(18-19)32-17-7-16-31-21/h10-11,18,20H,3-9,12-17H2,1-2H3,(H2,25,26,27). The minimum atomic E-state index is 0.0771. The molecular weight excluding hydrogens is 408 g/mol. The molecule has 32 heavy (non-hydrogen) atoms. The lowest BCUT2D eigenvalue weighted by Gasteiger charge is -2.21. The molecule has 1 aliphatic carbocycles. The Morgan fingerprint density at radius 1 is 1.12 bits per heavy atom. The van der Waals surface area contributed by atoms with E-state index in [4.69, 9.17) is 19.2 Å². The summed E-state index contributed by atoms with van der Waals surface area (Å²) in [7, 11) is 3.53. The number of fused-ring (bicyclic) bond motifs is 1. The predicted octanol–water partition coefficient (Wildman–Crippen LogP) is 3.42. The fourth-order valence-corrected chi connectivity index (χ4v) is 3.77. The summed E-state index contributed by atoms with van der Waals surface area (Å²) < 4.78 is 17.5. The van der Waals surface area contributed by atoms with Crippen molar-refractivity contribution in [2.75, 3.05) is 52.3 Å².